The van der Waals surface area contributed by atoms with Gasteiger partial charge in [-0.3, -0.25) is 0 Å². The van der Waals surface area contributed by atoms with Crippen LogP contribution in [-0.2, 0) is 11.2 Å². The molecule has 2 amide bonds. The topological polar surface area (TPSA) is 114 Å². The lowest BCUT2D eigenvalue weighted by Gasteiger charge is -2.27. The summed E-state index contributed by atoms with van der Waals surface area (Å²) in [5.41, 5.74) is 6.31. The number of rotatable bonds is 8. The lowest BCUT2D eigenvalue weighted by atomic mass is 9.94. The molecular formula is C30H32N6O3. The minimum atomic E-state index is -0.321. The van der Waals surface area contributed by atoms with Gasteiger partial charge in [0.15, 0.2) is 0 Å². The first-order valence-electron chi connectivity index (χ1n) is 13.5. The molecule has 200 valence electrons. The predicted octanol–water partition coefficient (Wildman–Crippen LogP) is 6.00. The second-order valence-corrected chi connectivity index (χ2v) is 10.3. The molecule has 1 aromatic heterocycles. The van der Waals surface area contributed by atoms with Crippen LogP contribution in [0.15, 0.2) is 60.7 Å². The lowest BCUT2D eigenvalue weighted by Crippen LogP contribution is -2.27. The molecule has 0 unspecified atom stereocenters. The molecule has 9 nitrogen and oxygen atoms in total. The van der Waals surface area contributed by atoms with E-state index in [-0.39, 0.29) is 12.1 Å². The fourth-order valence-corrected chi connectivity index (χ4v) is 5.03. The Morgan fingerprint density at radius 2 is 1.82 bits per heavy atom. The first-order chi connectivity index (χ1) is 19.1. The number of urea groups is 1. The minimum Gasteiger partial charge on any atom is -0.488 e. The monoisotopic (exact) mass is 524 g/mol. The van der Waals surface area contributed by atoms with Crippen molar-refractivity contribution >= 4 is 17.4 Å². The van der Waals surface area contributed by atoms with E-state index in [4.69, 9.17) is 9.47 Å². The molecule has 0 spiro atoms. The summed E-state index contributed by atoms with van der Waals surface area (Å²) in [6.07, 6.45) is 4.98. The Morgan fingerprint density at radius 3 is 2.56 bits per heavy atom. The van der Waals surface area contributed by atoms with E-state index in [9.17, 15) is 4.79 Å². The van der Waals surface area contributed by atoms with Crippen LogP contribution in [0.25, 0.3) is 22.5 Å². The predicted molar refractivity (Wildman–Crippen MR) is 150 cm³/mol. The Morgan fingerprint density at radius 1 is 1.00 bits per heavy atom. The van der Waals surface area contributed by atoms with Gasteiger partial charge in [0.1, 0.15) is 11.9 Å². The van der Waals surface area contributed by atoms with Crippen molar-refractivity contribution < 1.29 is 14.3 Å². The number of tetrazole rings is 1. The number of ether oxygens (including phenoxy) is 2. The molecule has 3 aromatic carbocycles. The summed E-state index contributed by atoms with van der Waals surface area (Å²) < 4.78 is 12.2. The third-order valence-corrected chi connectivity index (χ3v) is 7.17. The summed E-state index contributed by atoms with van der Waals surface area (Å²) in [4.78, 5) is 13.3. The number of aromatic nitrogens is 4. The Balaban J connectivity index is 1.41. The van der Waals surface area contributed by atoms with E-state index >= 15 is 0 Å². The number of nitrogens with zero attached hydrogens (tertiary/aromatic N) is 3. The zero-order valence-electron chi connectivity index (χ0n) is 21.9. The van der Waals surface area contributed by atoms with Gasteiger partial charge in [-0.05, 0) is 83.8 Å². The zero-order valence-corrected chi connectivity index (χ0v) is 21.9. The normalized spacial score (nSPS) is 15.6. The summed E-state index contributed by atoms with van der Waals surface area (Å²) in [6.45, 7) is 3.35. The number of H-pyrrole nitrogens is 1. The van der Waals surface area contributed by atoms with E-state index in [2.05, 4.69) is 37.3 Å². The maximum absolute atomic E-state index is 13.3. The fraction of sp³-hybridized carbons (Fsp3) is 0.333. The average molecular weight is 525 g/mol. The number of hydrogen-bond acceptors (Lipinski definition) is 6. The molecule has 1 saturated heterocycles. The van der Waals surface area contributed by atoms with Gasteiger partial charge in [0.2, 0.25) is 5.82 Å². The number of benzene rings is 3. The largest absolute Gasteiger partial charge is 0.488 e. The van der Waals surface area contributed by atoms with Crippen LogP contribution in [0.5, 0.6) is 5.75 Å². The molecule has 39 heavy (non-hydrogen) atoms. The number of nitrogens with one attached hydrogen (secondary N) is 3. The summed E-state index contributed by atoms with van der Waals surface area (Å²) in [7, 11) is 0. The van der Waals surface area contributed by atoms with E-state index in [0.717, 1.165) is 58.5 Å². The standard InChI is InChI=1S/C30H32N6O3/c1-19-5-4-6-23(15-19)31-30(37)32-27-18-21(25-7-2-3-8-26(25)29-33-35-36-34-29)17-22(16-20-9-10-20)28(27)39-24-11-13-38-14-12-24/h2-8,15,17-18,20,24H,9-14,16H2,1H3,(H2,31,32,37)(H,33,34,35,36). The van der Waals surface area contributed by atoms with Gasteiger partial charge in [0, 0.05) is 24.1 Å². The van der Waals surface area contributed by atoms with Crippen molar-refractivity contribution in [2.75, 3.05) is 23.8 Å². The molecule has 0 bridgehead atoms. The van der Waals surface area contributed by atoms with E-state index in [1.807, 2.05) is 61.5 Å². The van der Waals surface area contributed by atoms with Crippen LogP contribution < -0.4 is 15.4 Å². The van der Waals surface area contributed by atoms with Crippen molar-refractivity contribution in [3.05, 3.63) is 71.8 Å². The first-order valence-corrected chi connectivity index (χ1v) is 13.5. The fourth-order valence-electron chi connectivity index (χ4n) is 5.03. The number of amides is 2. The van der Waals surface area contributed by atoms with Crippen LogP contribution in [0.4, 0.5) is 16.2 Å². The third-order valence-electron chi connectivity index (χ3n) is 7.17. The van der Waals surface area contributed by atoms with Crippen molar-refractivity contribution in [2.45, 2.75) is 45.1 Å². The molecule has 6 rings (SSSR count). The van der Waals surface area contributed by atoms with Gasteiger partial charge >= 0.3 is 6.03 Å². The van der Waals surface area contributed by atoms with Gasteiger partial charge < -0.3 is 20.1 Å². The van der Waals surface area contributed by atoms with Crippen LogP contribution >= 0.6 is 0 Å². The highest BCUT2D eigenvalue weighted by atomic mass is 16.5. The van der Waals surface area contributed by atoms with Crippen LogP contribution in [0.2, 0.25) is 0 Å². The molecule has 4 aromatic rings. The van der Waals surface area contributed by atoms with Crippen molar-refractivity contribution in [3.8, 4) is 28.3 Å². The summed E-state index contributed by atoms with van der Waals surface area (Å²) in [5.74, 6) is 1.89. The number of aromatic amines is 1. The summed E-state index contributed by atoms with van der Waals surface area (Å²) in [6, 6.07) is 19.6. The molecule has 2 aliphatic rings. The Hall–Kier alpha value is -4.24. The average Bonchev–Trinajstić information content (AvgIpc) is 3.59. The zero-order chi connectivity index (χ0) is 26.6. The Labute approximate surface area is 227 Å². The Kier molecular flexibility index (Phi) is 7.23. The van der Waals surface area contributed by atoms with E-state index in [1.54, 1.807) is 0 Å². The maximum atomic E-state index is 13.3. The van der Waals surface area contributed by atoms with E-state index < -0.39 is 0 Å². The molecule has 1 aliphatic carbocycles. The molecule has 2 fully saturated rings. The number of carbonyl (C=O) groups excluding carboxylic acids is 1. The highest BCUT2D eigenvalue weighted by Crippen LogP contribution is 2.43. The minimum absolute atomic E-state index is 0.0366. The second kappa shape index (κ2) is 11.2. The van der Waals surface area contributed by atoms with Gasteiger partial charge in [0.25, 0.3) is 0 Å². The molecule has 0 radical (unpaired) electrons. The first kappa shape index (κ1) is 25.1. The molecule has 3 N–H and O–H groups in total. The number of anilines is 2. The van der Waals surface area contributed by atoms with Gasteiger partial charge in [-0.1, -0.05) is 36.4 Å². The summed E-state index contributed by atoms with van der Waals surface area (Å²) in [5, 5.41) is 20.8. The summed E-state index contributed by atoms with van der Waals surface area (Å²) >= 11 is 0. The Bertz CT molecular complexity index is 1450. The van der Waals surface area contributed by atoms with Crippen molar-refractivity contribution in [1.82, 2.24) is 20.6 Å². The van der Waals surface area contributed by atoms with Crippen LogP contribution in [-0.4, -0.2) is 46.0 Å². The molecule has 9 heteroatoms. The second-order valence-electron chi connectivity index (χ2n) is 10.3. The van der Waals surface area contributed by atoms with Crippen LogP contribution in [0, 0.1) is 12.8 Å². The van der Waals surface area contributed by atoms with Crippen molar-refractivity contribution in [2.24, 2.45) is 5.92 Å². The van der Waals surface area contributed by atoms with Gasteiger partial charge in [-0.25, -0.2) is 4.79 Å². The number of carbonyl (C=O) groups is 1. The van der Waals surface area contributed by atoms with E-state index in [0.29, 0.717) is 30.6 Å². The molecule has 1 saturated carbocycles. The van der Waals surface area contributed by atoms with Crippen molar-refractivity contribution in [3.63, 3.8) is 0 Å². The van der Waals surface area contributed by atoms with Gasteiger partial charge in [0.05, 0.1) is 18.9 Å². The highest BCUT2D eigenvalue weighted by molar-refractivity contribution is 6.01. The van der Waals surface area contributed by atoms with Crippen LogP contribution in [0.1, 0.15) is 36.8 Å². The molecule has 2 heterocycles. The van der Waals surface area contributed by atoms with Crippen LogP contribution in [0.3, 0.4) is 0 Å². The number of aryl methyl sites for hydroxylation is 1. The molecule has 0 atom stereocenters. The smallest absolute Gasteiger partial charge is 0.323 e. The van der Waals surface area contributed by atoms with Crippen molar-refractivity contribution in [1.29, 1.82) is 0 Å². The SMILES string of the molecule is Cc1cccc(NC(=O)Nc2cc(-c3ccccc3-c3nn[nH]n3)cc(CC3CC3)c2OC2CCOCC2)c1. The van der Waals surface area contributed by atoms with Gasteiger partial charge in [-0.2, -0.15) is 5.21 Å². The van der Waals surface area contributed by atoms with E-state index in [1.165, 1.54) is 12.8 Å². The molecule has 1 aliphatic heterocycles. The number of hydrogen-bond donors (Lipinski definition) is 3. The maximum Gasteiger partial charge on any atom is 0.323 e. The van der Waals surface area contributed by atoms with Gasteiger partial charge in [-0.15, -0.1) is 10.2 Å². The molecular weight excluding hydrogens is 492 g/mol. The highest BCUT2D eigenvalue weighted by Gasteiger charge is 2.27. The third kappa shape index (κ3) is 6.09. The quantitative estimate of drug-likeness (QED) is 0.261. The lowest BCUT2D eigenvalue weighted by molar-refractivity contribution is 0.0254.